The maximum atomic E-state index is 13.6. The third-order valence-electron chi connectivity index (χ3n) is 5.61. The van der Waals surface area contributed by atoms with E-state index in [4.69, 9.17) is 0 Å². The van der Waals surface area contributed by atoms with Crippen molar-refractivity contribution in [1.82, 2.24) is 0 Å². The van der Waals surface area contributed by atoms with Gasteiger partial charge in [-0.2, -0.15) is 0 Å². The Morgan fingerprint density at radius 2 is 0.968 bits per heavy atom. The van der Waals surface area contributed by atoms with Gasteiger partial charge < -0.3 is 5.73 Å². The zero-order valence-corrected chi connectivity index (χ0v) is 20.6. The zero-order valence-electron chi connectivity index (χ0n) is 19.8. The summed E-state index contributed by atoms with van der Waals surface area (Å²) < 4.78 is 13.6. The Bertz CT molecular complexity index is 894. The lowest BCUT2D eigenvalue weighted by Crippen LogP contribution is -2.75. The second-order valence-electron chi connectivity index (χ2n) is 8.24. The van der Waals surface area contributed by atoms with E-state index in [9.17, 15) is 4.21 Å². The molecular formula is C28H38NOS+. The van der Waals surface area contributed by atoms with Crippen LogP contribution in [0.25, 0.3) is 0 Å². The van der Waals surface area contributed by atoms with Crippen molar-refractivity contribution in [3.8, 4) is 0 Å². The van der Waals surface area contributed by atoms with Gasteiger partial charge in [-0.1, -0.05) is 91.2 Å². The van der Waals surface area contributed by atoms with Crippen LogP contribution in [-0.4, -0.2) is 9.08 Å². The Labute approximate surface area is 191 Å². The second kappa shape index (κ2) is 12.0. The van der Waals surface area contributed by atoms with Crippen LogP contribution in [0.3, 0.4) is 0 Å². The van der Waals surface area contributed by atoms with Gasteiger partial charge in [-0.25, -0.2) is 4.21 Å². The summed E-state index contributed by atoms with van der Waals surface area (Å²) in [6, 6.07) is 25.3. The first-order valence-corrected chi connectivity index (χ1v) is 12.5. The Morgan fingerprint density at radius 1 is 0.645 bits per heavy atom. The van der Waals surface area contributed by atoms with E-state index in [0.29, 0.717) is 0 Å². The van der Waals surface area contributed by atoms with Crippen molar-refractivity contribution in [1.29, 1.82) is 0 Å². The Kier molecular flexibility index (Phi) is 9.67. The van der Waals surface area contributed by atoms with Crippen LogP contribution in [0.2, 0.25) is 0 Å². The minimum absolute atomic E-state index is 0.523. The van der Waals surface area contributed by atoms with E-state index in [1.165, 1.54) is 27.8 Å². The molecule has 1 unspecified atom stereocenters. The van der Waals surface area contributed by atoms with Gasteiger partial charge in [0.05, 0.1) is 0 Å². The zero-order chi connectivity index (χ0) is 22.9. The van der Waals surface area contributed by atoms with Crippen molar-refractivity contribution in [2.45, 2.75) is 70.1 Å². The SMILES string of the molecule is CC.Cc1ccc(CCC([NH3+])(CCc2ccc(C)cc2)S(=O)c2ccc(C)cc2)cc1. The molecule has 3 rings (SSSR count). The average Bonchev–Trinajstić information content (AvgIpc) is 2.80. The summed E-state index contributed by atoms with van der Waals surface area (Å²) in [5, 5.41) is 0. The largest absolute Gasteiger partial charge is 0.342 e. The summed E-state index contributed by atoms with van der Waals surface area (Å²) in [6.45, 7) is 10.3. The van der Waals surface area contributed by atoms with Gasteiger partial charge >= 0.3 is 0 Å². The molecule has 3 aromatic rings. The Hall–Kier alpha value is -2.23. The fraction of sp³-hybridized carbons (Fsp3) is 0.357. The minimum atomic E-state index is -1.16. The molecule has 0 saturated heterocycles. The van der Waals surface area contributed by atoms with Gasteiger partial charge in [0, 0.05) is 17.7 Å². The van der Waals surface area contributed by atoms with Crippen LogP contribution >= 0.6 is 0 Å². The highest BCUT2D eigenvalue weighted by Gasteiger charge is 2.37. The van der Waals surface area contributed by atoms with Gasteiger partial charge in [0.15, 0.2) is 4.87 Å². The van der Waals surface area contributed by atoms with Crippen LogP contribution in [0.4, 0.5) is 0 Å². The van der Waals surface area contributed by atoms with Crippen LogP contribution in [0.15, 0.2) is 77.7 Å². The molecule has 0 amide bonds. The van der Waals surface area contributed by atoms with Crippen molar-refractivity contribution in [3.05, 3.63) is 101 Å². The molecule has 0 aliphatic rings. The summed E-state index contributed by atoms with van der Waals surface area (Å²) in [5.74, 6) is 0. The predicted molar refractivity (Wildman–Crippen MR) is 134 cm³/mol. The van der Waals surface area contributed by atoms with Crippen molar-refractivity contribution in [2.75, 3.05) is 0 Å². The van der Waals surface area contributed by atoms with Gasteiger partial charge in [0.1, 0.15) is 10.8 Å². The highest BCUT2D eigenvalue weighted by molar-refractivity contribution is 7.86. The van der Waals surface area contributed by atoms with Crippen LogP contribution in [0.5, 0.6) is 0 Å². The minimum Gasteiger partial charge on any atom is -0.342 e. The highest BCUT2D eigenvalue weighted by atomic mass is 32.2. The maximum Gasteiger partial charge on any atom is 0.175 e. The fourth-order valence-corrected chi connectivity index (χ4v) is 4.93. The van der Waals surface area contributed by atoms with Crippen molar-refractivity contribution >= 4 is 10.8 Å². The molecule has 0 spiro atoms. The molecule has 3 heteroatoms. The van der Waals surface area contributed by atoms with Gasteiger partial charge in [-0.3, -0.25) is 0 Å². The van der Waals surface area contributed by atoms with Gasteiger partial charge in [-0.05, 0) is 56.9 Å². The molecule has 0 fully saturated rings. The highest BCUT2D eigenvalue weighted by Crippen LogP contribution is 2.26. The first-order valence-electron chi connectivity index (χ1n) is 11.3. The molecule has 0 aliphatic heterocycles. The van der Waals surface area contributed by atoms with E-state index in [2.05, 4.69) is 75.0 Å². The van der Waals surface area contributed by atoms with E-state index in [-0.39, 0.29) is 0 Å². The predicted octanol–water partition coefficient (Wildman–Crippen LogP) is 5.95. The van der Waals surface area contributed by atoms with E-state index >= 15 is 0 Å². The molecule has 31 heavy (non-hydrogen) atoms. The molecule has 3 aromatic carbocycles. The van der Waals surface area contributed by atoms with E-state index < -0.39 is 15.7 Å². The third-order valence-corrected chi connectivity index (χ3v) is 7.50. The number of aryl methyl sites for hydroxylation is 5. The molecule has 0 radical (unpaired) electrons. The molecule has 0 saturated carbocycles. The standard InChI is InChI=1S/C26H31NOS.C2H6/c1-20-4-10-23(11-5-20)16-18-26(27,19-17-24-12-6-21(2)7-13-24)29(28)25-14-8-22(3)9-15-25;1-2/h4-15H,16-19,27H2,1-3H3;1-2H3/p+1. The number of rotatable bonds is 8. The van der Waals surface area contributed by atoms with Crippen LogP contribution in [0, 0.1) is 20.8 Å². The average molecular weight is 437 g/mol. The van der Waals surface area contributed by atoms with Crippen LogP contribution in [0.1, 0.15) is 54.5 Å². The summed E-state index contributed by atoms with van der Waals surface area (Å²) in [6.07, 6.45) is 3.36. The summed E-state index contributed by atoms with van der Waals surface area (Å²) in [4.78, 5) is 0.351. The Morgan fingerprint density at radius 3 is 1.32 bits per heavy atom. The second-order valence-corrected chi connectivity index (χ2v) is 10.1. The molecule has 2 nitrogen and oxygen atoms in total. The normalized spacial score (nSPS) is 12.1. The number of hydrogen-bond acceptors (Lipinski definition) is 1. The van der Waals surface area contributed by atoms with Crippen molar-refractivity contribution in [3.63, 3.8) is 0 Å². The maximum absolute atomic E-state index is 13.6. The fourth-order valence-electron chi connectivity index (χ4n) is 3.48. The summed E-state index contributed by atoms with van der Waals surface area (Å²) in [7, 11) is -1.16. The topological polar surface area (TPSA) is 44.7 Å². The van der Waals surface area contributed by atoms with Crippen LogP contribution < -0.4 is 5.73 Å². The van der Waals surface area contributed by atoms with Gasteiger partial charge in [0.2, 0.25) is 0 Å². The quantitative estimate of drug-likeness (QED) is 0.466. The van der Waals surface area contributed by atoms with E-state index in [0.717, 1.165) is 30.6 Å². The van der Waals surface area contributed by atoms with Crippen molar-refractivity contribution < 1.29 is 9.94 Å². The summed E-state index contributed by atoms with van der Waals surface area (Å²) >= 11 is 0. The third kappa shape index (κ3) is 7.45. The van der Waals surface area contributed by atoms with Crippen LogP contribution in [-0.2, 0) is 23.6 Å². The first kappa shape index (κ1) is 25.0. The summed E-state index contributed by atoms with van der Waals surface area (Å²) in [5.41, 5.74) is 10.8. The Balaban J connectivity index is 0.00000166. The lowest BCUT2D eigenvalue weighted by molar-refractivity contribution is -0.443. The van der Waals surface area contributed by atoms with Gasteiger partial charge in [-0.15, -0.1) is 0 Å². The smallest absolute Gasteiger partial charge is 0.175 e. The lowest BCUT2D eigenvalue weighted by Gasteiger charge is -2.26. The van der Waals surface area contributed by atoms with E-state index in [1.54, 1.807) is 0 Å². The number of hydrogen-bond donors (Lipinski definition) is 1. The molecule has 3 N–H and O–H groups in total. The molecule has 0 aliphatic carbocycles. The molecule has 166 valence electrons. The number of benzene rings is 3. The molecule has 0 aromatic heterocycles. The monoisotopic (exact) mass is 436 g/mol. The molecule has 0 bridgehead atoms. The molecular weight excluding hydrogens is 398 g/mol. The van der Waals surface area contributed by atoms with E-state index in [1.807, 2.05) is 38.1 Å². The lowest BCUT2D eigenvalue weighted by atomic mass is 9.98. The van der Waals surface area contributed by atoms with Gasteiger partial charge in [0.25, 0.3) is 0 Å². The van der Waals surface area contributed by atoms with Crippen molar-refractivity contribution in [2.24, 2.45) is 0 Å². The molecule has 0 heterocycles. The molecule has 1 atom stereocenters. The number of quaternary nitrogens is 1. The first-order chi connectivity index (χ1) is 14.9.